The average molecular weight is 376 g/mol. The molecule has 0 aliphatic carbocycles. The van der Waals surface area contributed by atoms with E-state index in [0.29, 0.717) is 6.54 Å². The number of morpholine rings is 1. The molecular weight excluding hydrogens is 349 g/mol. The standard InChI is InChI=1S/C17H25N3O2.2ClH/c21-17(16-5-6-18-12-16)19-11-14-1-3-15(4-2-14)13-20-7-9-22-10-8-20;;/h1-4,16,18H,5-13H2,(H,19,21);2*1H. The Hall–Kier alpha value is -0.850. The monoisotopic (exact) mass is 375 g/mol. The van der Waals surface area contributed by atoms with E-state index in [0.717, 1.165) is 57.9 Å². The number of amides is 1. The molecule has 1 unspecified atom stereocenters. The highest BCUT2D eigenvalue weighted by atomic mass is 35.5. The molecule has 2 fully saturated rings. The Morgan fingerprint density at radius 3 is 2.46 bits per heavy atom. The van der Waals surface area contributed by atoms with Crippen LogP contribution >= 0.6 is 24.8 Å². The van der Waals surface area contributed by atoms with Crippen LogP contribution in [0.5, 0.6) is 0 Å². The van der Waals surface area contributed by atoms with Crippen LogP contribution in [0, 0.1) is 5.92 Å². The van der Waals surface area contributed by atoms with E-state index in [9.17, 15) is 4.79 Å². The topological polar surface area (TPSA) is 53.6 Å². The van der Waals surface area contributed by atoms with E-state index in [1.165, 1.54) is 5.56 Å². The summed E-state index contributed by atoms with van der Waals surface area (Å²) >= 11 is 0. The first kappa shape index (κ1) is 21.2. The number of benzene rings is 1. The zero-order valence-corrected chi connectivity index (χ0v) is 15.5. The molecular formula is C17H27Cl2N3O2. The molecule has 5 nitrogen and oxygen atoms in total. The summed E-state index contributed by atoms with van der Waals surface area (Å²) in [6.45, 7) is 7.04. The molecule has 0 aromatic heterocycles. The molecule has 0 bridgehead atoms. The maximum absolute atomic E-state index is 12.0. The number of carbonyl (C=O) groups is 1. The fourth-order valence-corrected chi connectivity index (χ4v) is 2.99. The van der Waals surface area contributed by atoms with Gasteiger partial charge in [0.15, 0.2) is 0 Å². The third-order valence-electron chi connectivity index (χ3n) is 4.43. The molecule has 136 valence electrons. The van der Waals surface area contributed by atoms with Gasteiger partial charge in [-0.2, -0.15) is 0 Å². The Morgan fingerprint density at radius 2 is 1.83 bits per heavy atom. The van der Waals surface area contributed by atoms with Gasteiger partial charge in [-0.1, -0.05) is 24.3 Å². The summed E-state index contributed by atoms with van der Waals surface area (Å²) < 4.78 is 5.37. The molecule has 2 heterocycles. The van der Waals surface area contributed by atoms with Crippen LogP contribution < -0.4 is 10.6 Å². The lowest BCUT2D eigenvalue weighted by Gasteiger charge is -2.26. The molecule has 1 amide bonds. The molecule has 3 rings (SSSR count). The van der Waals surface area contributed by atoms with Gasteiger partial charge in [0.25, 0.3) is 0 Å². The number of ether oxygens (including phenoxy) is 1. The van der Waals surface area contributed by atoms with E-state index < -0.39 is 0 Å². The van der Waals surface area contributed by atoms with Gasteiger partial charge in [0.1, 0.15) is 0 Å². The first-order chi connectivity index (χ1) is 10.8. The summed E-state index contributed by atoms with van der Waals surface area (Å²) in [7, 11) is 0. The van der Waals surface area contributed by atoms with Crippen molar-refractivity contribution < 1.29 is 9.53 Å². The number of nitrogens with zero attached hydrogens (tertiary/aromatic N) is 1. The molecule has 1 aromatic rings. The quantitative estimate of drug-likeness (QED) is 0.820. The third kappa shape index (κ3) is 6.22. The van der Waals surface area contributed by atoms with Crippen LogP contribution in [0.4, 0.5) is 0 Å². The van der Waals surface area contributed by atoms with Crippen LogP contribution in [-0.4, -0.2) is 50.2 Å². The van der Waals surface area contributed by atoms with Crippen LogP contribution in [0.3, 0.4) is 0 Å². The zero-order valence-electron chi connectivity index (χ0n) is 13.8. The molecule has 1 aromatic carbocycles. The number of hydrogen-bond donors (Lipinski definition) is 2. The van der Waals surface area contributed by atoms with Crippen LogP contribution in [0.1, 0.15) is 17.5 Å². The number of carbonyl (C=O) groups excluding carboxylic acids is 1. The number of halogens is 2. The van der Waals surface area contributed by atoms with Crippen molar-refractivity contribution in [3.05, 3.63) is 35.4 Å². The number of nitrogens with one attached hydrogen (secondary N) is 2. The molecule has 1 atom stereocenters. The molecule has 0 spiro atoms. The summed E-state index contributed by atoms with van der Waals surface area (Å²) in [6.07, 6.45) is 0.949. The molecule has 0 saturated carbocycles. The second-order valence-corrected chi connectivity index (χ2v) is 6.11. The maximum atomic E-state index is 12.0. The summed E-state index contributed by atoms with van der Waals surface area (Å²) in [4.78, 5) is 14.4. The molecule has 2 aliphatic heterocycles. The lowest BCUT2D eigenvalue weighted by molar-refractivity contribution is -0.124. The van der Waals surface area contributed by atoms with Crippen LogP contribution in [0.2, 0.25) is 0 Å². The third-order valence-corrected chi connectivity index (χ3v) is 4.43. The molecule has 2 aliphatic rings. The minimum atomic E-state index is 0. The highest BCUT2D eigenvalue weighted by Crippen LogP contribution is 2.10. The minimum absolute atomic E-state index is 0. The summed E-state index contributed by atoms with van der Waals surface area (Å²) in [5, 5.41) is 6.26. The lowest BCUT2D eigenvalue weighted by atomic mass is 10.1. The van der Waals surface area contributed by atoms with Crippen molar-refractivity contribution in [3.8, 4) is 0 Å². The fraction of sp³-hybridized carbons (Fsp3) is 0.588. The van der Waals surface area contributed by atoms with Crippen LogP contribution in [0.15, 0.2) is 24.3 Å². The van der Waals surface area contributed by atoms with Gasteiger partial charge < -0.3 is 15.4 Å². The van der Waals surface area contributed by atoms with E-state index in [1.54, 1.807) is 0 Å². The Bertz CT molecular complexity index is 487. The van der Waals surface area contributed by atoms with Gasteiger partial charge in [-0.15, -0.1) is 24.8 Å². The Balaban J connectivity index is 0.00000144. The molecule has 0 radical (unpaired) electrons. The molecule has 7 heteroatoms. The van der Waals surface area contributed by atoms with Crippen molar-refractivity contribution in [1.82, 2.24) is 15.5 Å². The highest BCUT2D eigenvalue weighted by Gasteiger charge is 2.21. The predicted molar refractivity (Wildman–Crippen MR) is 99.9 cm³/mol. The van der Waals surface area contributed by atoms with Crippen molar-refractivity contribution in [1.29, 1.82) is 0 Å². The molecule has 2 N–H and O–H groups in total. The van der Waals surface area contributed by atoms with E-state index >= 15 is 0 Å². The predicted octanol–water partition coefficient (Wildman–Crippen LogP) is 1.59. The van der Waals surface area contributed by atoms with Crippen molar-refractivity contribution in [2.45, 2.75) is 19.5 Å². The first-order valence-electron chi connectivity index (χ1n) is 8.17. The van der Waals surface area contributed by atoms with Crippen LogP contribution in [0.25, 0.3) is 0 Å². The number of rotatable bonds is 5. The van der Waals surface area contributed by atoms with E-state index in [1.807, 2.05) is 0 Å². The Kier molecular flexibility index (Phi) is 9.63. The van der Waals surface area contributed by atoms with Gasteiger partial charge in [-0.05, 0) is 24.1 Å². The van der Waals surface area contributed by atoms with Crippen LogP contribution in [-0.2, 0) is 22.6 Å². The first-order valence-corrected chi connectivity index (χ1v) is 8.17. The van der Waals surface area contributed by atoms with E-state index in [-0.39, 0.29) is 36.6 Å². The summed E-state index contributed by atoms with van der Waals surface area (Å²) in [5.74, 6) is 0.308. The highest BCUT2D eigenvalue weighted by molar-refractivity contribution is 5.85. The van der Waals surface area contributed by atoms with Crippen molar-refractivity contribution in [3.63, 3.8) is 0 Å². The Morgan fingerprint density at radius 1 is 1.17 bits per heavy atom. The van der Waals surface area contributed by atoms with Crippen molar-refractivity contribution in [2.24, 2.45) is 5.92 Å². The summed E-state index contributed by atoms with van der Waals surface area (Å²) in [6, 6.07) is 8.55. The second-order valence-electron chi connectivity index (χ2n) is 6.11. The SMILES string of the molecule is Cl.Cl.O=C(NCc1ccc(CN2CCOCC2)cc1)C1CCNC1. The van der Waals surface area contributed by atoms with Gasteiger partial charge in [-0.3, -0.25) is 9.69 Å². The van der Waals surface area contributed by atoms with Gasteiger partial charge >= 0.3 is 0 Å². The van der Waals surface area contributed by atoms with Gasteiger partial charge in [0, 0.05) is 32.7 Å². The largest absolute Gasteiger partial charge is 0.379 e. The molecule has 2 saturated heterocycles. The van der Waals surface area contributed by atoms with Gasteiger partial charge in [0.2, 0.25) is 5.91 Å². The maximum Gasteiger partial charge on any atom is 0.224 e. The van der Waals surface area contributed by atoms with Crippen molar-refractivity contribution in [2.75, 3.05) is 39.4 Å². The molecule has 24 heavy (non-hydrogen) atoms. The van der Waals surface area contributed by atoms with Gasteiger partial charge in [-0.25, -0.2) is 0 Å². The van der Waals surface area contributed by atoms with E-state index in [2.05, 4.69) is 39.8 Å². The van der Waals surface area contributed by atoms with Crippen molar-refractivity contribution >= 4 is 30.7 Å². The smallest absolute Gasteiger partial charge is 0.224 e. The average Bonchev–Trinajstić information content (AvgIpc) is 3.09. The Labute approximate surface area is 156 Å². The lowest BCUT2D eigenvalue weighted by Crippen LogP contribution is -2.35. The zero-order chi connectivity index (χ0) is 15.2. The summed E-state index contributed by atoms with van der Waals surface area (Å²) in [5.41, 5.74) is 2.47. The second kappa shape index (κ2) is 10.9. The van der Waals surface area contributed by atoms with E-state index in [4.69, 9.17) is 4.74 Å². The normalized spacial score (nSPS) is 20.8. The fourth-order valence-electron chi connectivity index (χ4n) is 2.99. The number of hydrogen-bond acceptors (Lipinski definition) is 4. The van der Waals surface area contributed by atoms with Gasteiger partial charge in [0.05, 0.1) is 19.1 Å². The minimum Gasteiger partial charge on any atom is -0.379 e.